The van der Waals surface area contributed by atoms with Gasteiger partial charge in [-0.3, -0.25) is 9.80 Å². The lowest BCUT2D eigenvalue weighted by Crippen LogP contribution is -2.43. The van der Waals surface area contributed by atoms with Gasteiger partial charge >= 0.3 is 0 Å². The van der Waals surface area contributed by atoms with E-state index in [0.717, 1.165) is 43.9 Å². The van der Waals surface area contributed by atoms with Crippen LogP contribution in [-0.4, -0.2) is 45.7 Å². The Bertz CT molecular complexity index is 711. The van der Waals surface area contributed by atoms with Gasteiger partial charge in [0.05, 0.1) is 6.54 Å². The van der Waals surface area contributed by atoms with Crippen molar-refractivity contribution in [2.24, 2.45) is 5.92 Å². The van der Waals surface area contributed by atoms with E-state index in [9.17, 15) is 0 Å². The zero-order valence-electron chi connectivity index (χ0n) is 14.7. The van der Waals surface area contributed by atoms with Crippen molar-refractivity contribution in [1.82, 2.24) is 20.0 Å². The Morgan fingerprint density at radius 2 is 1.80 bits per heavy atom. The minimum absolute atomic E-state index is 0.545. The number of fused-ring (bicyclic) bond motifs is 4. The summed E-state index contributed by atoms with van der Waals surface area (Å²) in [6.07, 6.45) is 5.07. The number of benzene rings is 1. The molecule has 0 unspecified atom stereocenters. The van der Waals surface area contributed by atoms with Crippen molar-refractivity contribution >= 4 is 0 Å². The van der Waals surface area contributed by atoms with Gasteiger partial charge in [-0.2, -0.15) is 0 Å². The fraction of sp³-hybridized carbons (Fsp3) is 0.600. The van der Waals surface area contributed by atoms with Gasteiger partial charge in [0, 0.05) is 38.1 Å². The van der Waals surface area contributed by atoms with Gasteiger partial charge in [-0.25, -0.2) is 0 Å². The number of nitrogens with zero attached hydrogens (tertiary/aromatic N) is 4. The third-order valence-electron chi connectivity index (χ3n) is 5.90. The van der Waals surface area contributed by atoms with Gasteiger partial charge in [-0.15, -0.1) is 10.2 Å². The van der Waals surface area contributed by atoms with Crippen molar-refractivity contribution in [3.8, 4) is 0 Å². The van der Waals surface area contributed by atoms with Gasteiger partial charge in [0.1, 0.15) is 0 Å². The summed E-state index contributed by atoms with van der Waals surface area (Å²) in [7, 11) is 0. The van der Waals surface area contributed by atoms with Gasteiger partial charge in [0.2, 0.25) is 11.8 Å². The van der Waals surface area contributed by atoms with E-state index in [4.69, 9.17) is 4.42 Å². The lowest BCUT2D eigenvalue weighted by atomic mass is 9.95. The maximum atomic E-state index is 5.90. The van der Waals surface area contributed by atoms with Crippen LogP contribution in [0.1, 0.15) is 48.9 Å². The Labute approximate surface area is 149 Å². The van der Waals surface area contributed by atoms with E-state index in [2.05, 4.69) is 50.3 Å². The molecule has 4 heterocycles. The molecule has 4 fully saturated rings. The van der Waals surface area contributed by atoms with Gasteiger partial charge in [0.25, 0.3) is 0 Å². The summed E-state index contributed by atoms with van der Waals surface area (Å²) in [6.45, 7) is 5.40. The van der Waals surface area contributed by atoms with Crippen molar-refractivity contribution in [3.63, 3.8) is 0 Å². The highest BCUT2D eigenvalue weighted by Gasteiger charge is 2.36. The van der Waals surface area contributed by atoms with Crippen molar-refractivity contribution in [1.29, 1.82) is 0 Å². The first-order valence-corrected chi connectivity index (χ1v) is 9.66. The molecule has 0 amide bonds. The minimum Gasteiger partial charge on any atom is -0.424 e. The zero-order chi connectivity index (χ0) is 16.6. The monoisotopic (exact) mass is 338 g/mol. The SMILES string of the molecule is c1ccc(CN2C[C@@H]3CC[C@H](C2)N(Cc2nnc(C4CC4)o2)C3)cc1. The Morgan fingerprint density at radius 1 is 0.920 bits per heavy atom. The van der Waals surface area contributed by atoms with E-state index in [-0.39, 0.29) is 0 Å². The predicted molar refractivity (Wildman–Crippen MR) is 94.9 cm³/mol. The Hall–Kier alpha value is -1.72. The first kappa shape index (κ1) is 15.5. The molecule has 132 valence electrons. The second kappa shape index (κ2) is 6.54. The first-order chi connectivity index (χ1) is 12.3. The molecule has 25 heavy (non-hydrogen) atoms. The van der Waals surface area contributed by atoms with Crippen LogP contribution >= 0.6 is 0 Å². The van der Waals surface area contributed by atoms with Gasteiger partial charge in [-0.1, -0.05) is 30.3 Å². The molecule has 1 saturated carbocycles. The Morgan fingerprint density at radius 3 is 2.64 bits per heavy atom. The number of aromatic nitrogens is 2. The van der Waals surface area contributed by atoms with E-state index in [0.29, 0.717) is 12.0 Å². The summed E-state index contributed by atoms with van der Waals surface area (Å²) >= 11 is 0. The van der Waals surface area contributed by atoms with Crippen LogP contribution in [0.5, 0.6) is 0 Å². The fourth-order valence-corrected chi connectivity index (χ4v) is 4.44. The molecule has 4 aliphatic rings. The highest BCUT2D eigenvalue weighted by atomic mass is 16.4. The first-order valence-electron chi connectivity index (χ1n) is 9.66. The number of rotatable bonds is 5. The molecular weight excluding hydrogens is 312 g/mol. The molecule has 2 atom stereocenters. The molecule has 5 heteroatoms. The molecule has 5 nitrogen and oxygen atoms in total. The second-order valence-electron chi connectivity index (χ2n) is 8.01. The lowest BCUT2D eigenvalue weighted by molar-refractivity contribution is 0.111. The van der Waals surface area contributed by atoms with Crippen LogP contribution in [0, 0.1) is 5.92 Å². The molecule has 6 rings (SSSR count). The highest BCUT2D eigenvalue weighted by molar-refractivity contribution is 5.14. The summed E-state index contributed by atoms with van der Waals surface area (Å²) < 4.78 is 5.90. The van der Waals surface area contributed by atoms with Gasteiger partial charge < -0.3 is 4.42 Å². The average Bonchev–Trinajstić information content (AvgIpc) is 3.42. The molecule has 3 aliphatic heterocycles. The minimum atomic E-state index is 0.545. The largest absolute Gasteiger partial charge is 0.424 e. The van der Waals surface area contributed by atoms with Crippen LogP contribution in [0.25, 0.3) is 0 Å². The molecule has 1 aromatic carbocycles. The molecule has 0 spiro atoms. The van der Waals surface area contributed by atoms with E-state index in [1.54, 1.807) is 0 Å². The molecule has 1 aliphatic carbocycles. The van der Waals surface area contributed by atoms with Crippen LogP contribution in [0.3, 0.4) is 0 Å². The smallest absolute Gasteiger partial charge is 0.230 e. The van der Waals surface area contributed by atoms with Crippen molar-refractivity contribution in [2.75, 3.05) is 19.6 Å². The Balaban J connectivity index is 1.25. The molecule has 0 N–H and O–H groups in total. The third kappa shape index (κ3) is 3.48. The van der Waals surface area contributed by atoms with Crippen LogP contribution in [0.15, 0.2) is 34.7 Å². The third-order valence-corrected chi connectivity index (χ3v) is 5.90. The van der Waals surface area contributed by atoms with Crippen molar-refractivity contribution in [3.05, 3.63) is 47.7 Å². The number of hydrogen-bond acceptors (Lipinski definition) is 5. The zero-order valence-corrected chi connectivity index (χ0v) is 14.7. The summed E-state index contributed by atoms with van der Waals surface area (Å²) in [5.41, 5.74) is 1.42. The van der Waals surface area contributed by atoms with Crippen molar-refractivity contribution < 1.29 is 4.42 Å². The number of piperidine rings is 1. The predicted octanol–water partition coefficient (Wildman–Crippen LogP) is 3.04. The summed E-state index contributed by atoms with van der Waals surface area (Å²) in [5.74, 6) is 2.97. The maximum absolute atomic E-state index is 5.90. The highest BCUT2D eigenvalue weighted by Crippen LogP contribution is 2.39. The summed E-state index contributed by atoms with van der Waals surface area (Å²) in [4.78, 5) is 5.23. The van der Waals surface area contributed by atoms with Crippen LogP contribution in [0.4, 0.5) is 0 Å². The number of hydrogen-bond donors (Lipinski definition) is 0. The molecular formula is C20H26N4O. The standard InChI is InChI=1S/C20H26N4O/c1-2-4-15(5-3-1)10-23-11-16-6-9-18(13-23)24(12-16)14-19-21-22-20(25-19)17-7-8-17/h1-5,16-18H,6-14H2/t16-,18+/m0/s1. The Kier molecular flexibility index (Phi) is 4.06. The van der Waals surface area contributed by atoms with Crippen LogP contribution in [0.2, 0.25) is 0 Å². The maximum Gasteiger partial charge on any atom is 0.230 e. The van der Waals surface area contributed by atoms with Crippen LogP contribution in [-0.2, 0) is 13.1 Å². The van der Waals surface area contributed by atoms with Gasteiger partial charge in [0.15, 0.2) is 0 Å². The molecule has 1 aromatic heterocycles. The molecule has 2 aromatic rings. The fourth-order valence-electron chi connectivity index (χ4n) is 4.44. The lowest BCUT2D eigenvalue weighted by Gasteiger charge is -2.35. The quantitative estimate of drug-likeness (QED) is 0.838. The summed E-state index contributed by atoms with van der Waals surface area (Å²) in [6, 6.07) is 11.5. The van der Waals surface area contributed by atoms with E-state index in [1.165, 1.54) is 37.8 Å². The van der Waals surface area contributed by atoms with Crippen LogP contribution < -0.4 is 0 Å². The molecule has 2 bridgehead atoms. The second-order valence-corrected chi connectivity index (χ2v) is 8.01. The van der Waals surface area contributed by atoms with Crippen molar-refractivity contribution in [2.45, 2.75) is 50.7 Å². The van der Waals surface area contributed by atoms with Gasteiger partial charge in [-0.05, 0) is 37.2 Å². The molecule has 3 saturated heterocycles. The van der Waals surface area contributed by atoms with E-state index in [1.807, 2.05) is 0 Å². The van der Waals surface area contributed by atoms with E-state index >= 15 is 0 Å². The topological polar surface area (TPSA) is 45.4 Å². The summed E-state index contributed by atoms with van der Waals surface area (Å²) in [5, 5.41) is 8.55. The normalized spacial score (nSPS) is 27.5. The van der Waals surface area contributed by atoms with E-state index < -0.39 is 0 Å². The molecule has 0 radical (unpaired) electrons. The average molecular weight is 338 g/mol.